The molecule has 32 heavy (non-hydrogen) atoms. The Balaban J connectivity index is 1.17. The maximum Gasteiger partial charge on any atom is 0.128 e. The fourth-order valence-electron chi connectivity index (χ4n) is 5.01. The van der Waals surface area contributed by atoms with Crippen LogP contribution in [0.25, 0.3) is 21.0 Å². The number of nitrogens with zero attached hydrogens (tertiary/aromatic N) is 1. The molecule has 3 atom stereocenters. The Kier molecular flexibility index (Phi) is 5.97. The number of aromatic amines is 1. The van der Waals surface area contributed by atoms with Crippen molar-refractivity contribution in [1.82, 2.24) is 9.88 Å². The fraction of sp³-hybridized carbons (Fsp3) is 0.407. The van der Waals surface area contributed by atoms with Gasteiger partial charge in [0.25, 0.3) is 0 Å². The van der Waals surface area contributed by atoms with Crippen molar-refractivity contribution in [3.63, 3.8) is 0 Å². The van der Waals surface area contributed by atoms with Crippen LogP contribution >= 0.6 is 11.3 Å². The van der Waals surface area contributed by atoms with Gasteiger partial charge in [-0.2, -0.15) is 0 Å². The summed E-state index contributed by atoms with van der Waals surface area (Å²) in [4.78, 5) is 7.27. The van der Waals surface area contributed by atoms with Crippen molar-refractivity contribution in [2.24, 2.45) is 0 Å². The van der Waals surface area contributed by atoms with Crippen LogP contribution in [0.5, 0.6) is 5.75 Å². The Morgan fingerprint density at radius 1 is 1.19 bits per heavy atom. The van der Waals surface area contributed by atoms with Crippen LogP contribution in [0.2, 0.25) is 0 Å². The maximum atomic E-state index is 10.7. The summed E-state index contributed by atoms with van der Waals surface area (Å²) in [5, 5.41) is 13.1. The highest BCUT2D eigenvalue weighted by atomic mass is 32.1. The van der Waals surface area contributed by atoms with Crippen LogP contribution in [0.4, 0.5) is 0 Å². The van der Waals surface area contributed by atoms with Crippen molar-refractivity contribution in [1.29, 1.82) is 0 Å². The smallest absolute Gasteiger partial charge is 0.128 e. The molecule has 1 fully saturated rings. The summed E-state index contributed by atoms with van der Waals surface area (Å²) in [5.41, 5.74) is 3.51. The molecule has 0 amide bonds. The Bertz CT molecular complexity index is 1230. The molecule has 2 aromatic heterocycles. The van der Waals surface area contributed by atoms with Gasteiger partial charge in [0, 0.05) is 38.8 Å². The predicted octanol–water partition coefficient (Wildman–Crippen LogP) is 6.01. The maximum absolute atomic E-state index is 10.7. The van der Waals surface area contributed by atoms with E-state index in [2.05, 4.69) is 60.1 Å². The summed E-state index contributed by atoms with van der Waals surface area (Å²) in [6.07, 6.45) is 1.78. The molecule has 3 heterocycles. The van der Waals surface area contributed by atoms with Gasteiger partial charge in [0.1, 0.15) is 18.5 Å². The Morgan fingerprint density at radius 3 is 2.91 bits per heavy atom. The van der Waals surface area contributed by atoms with Crippen molar-refractivity contribution in [3.8, 4) is 5.75 Å². The number of benzene rings is 2. The van der Waals surface area contributed by atoms with Gasteiger partial charge in [0.15, 0.2) is 0 Å². The standard InChI is InChI=1S/C27H32N2O2S/c1-17-7-8-20-14-27(32-26(20)11-17)21-9-10-29(19(3)13-21)15-22(30)16-31-25-6-4-5-24-23(25)12-18(2)28-24/h4-8,11-12,14,19,21-22,28,30H,9-10,13,15-16H2,1-3H3/t19-,21-,22+/m1/s1. The van der Waals surface area contributed by atoms with Crippen molar-refractivity contribution < 1.29 is 9.84 Å². The lowest BCUT2D eigenvalue weighted by molar-refractivity contribution is 0.0408. The second-order valence-corrected chi connectivity index (χ2v) is 10.5. The molecule has 1 aliphatic heterocycles. The number of fused-ring (bicyclic) bond motifs is 2. The molecular weight excluding hydrogens is 416 g/mol. The highest BCUT2D eigenvalue weighted by Gasteiger charge is 2.28. The third-order valence-electron chi connectivity index (χ3n) is 6.75. The zero-order valence-electron chi connectivity index (χ0n) is 19.1. The van der Waals surface area contributed by atoms with E-state index in [1.165, 1.54) is 20.5 Å². The number of hydrogen-bond donors (Lipinski definition) is 2. The summed E-state index contributed by atoms with van der Waals surface area (Å²) in [5.74, 6) is 1.44. The quantitative estimate of drug-likeness (QED) is 0.380. The van der Waals surface area contributed by atoms with E-state index in [0.717, 1.165) is 41.7 Å². The first-order valence-corrected chi connectivity index (χ1v) is 12.4. The third kappa shape index (κ3) is 4.42. The molecule has 5 rings (SSSR count). The molecule has 0 bridgehead atoms. The van der Waals surface area contributed by atoms with Gasteiger partial charge in [-0.15, -0.1) is 11.3 Å². The van der Waals surface area contributed by atoms with Crippen LogP contribution in [0.1, 0.15) is 41.8 Å². The van der Waals surface area contributed by atoms with E-state index in [1.807, 2.05) is 30.4 Å². The number of β-amino-alcohol motifs (C(OH)–C–C–N with tert-alkyl or cyclic N) is 1. The molecule has 4 nitrogen and oxygen atoms in total. The first-order chi connectivity index (χ1) is 15.5. The fourth-order valence-corrected chi connectivity index (χ4v) is 6.32. The van der Waals surface area contributed by atoms with Crippen molar-refractivity contribution >= 4 is 32.3 Å². The number of likely N-dealkylation sites (tertiary alicyclic amines) is 1. The summed E-state index contributed by atoms with van der Waals surface area (Å²) >= 11 is 1.95. The first-order valence-electron chi connectivity index (χ1n) is 11.6. The molecule has 2 N–H and O–H groups in total. The van der Waals surface area contributed by atoms with Crippen LogP contribution in [0.3, 0.4) is 0 Å². The van der Waals surface area contributed by atoms with Gasteiger partial charge in [0.05, 0.1) is 0 Å². The van der Waals surface area contributed by atoms with Crippen LogP contribution in [0, 0.1) is 13.8 Å². The Labute approximate surface area is 193 Å². The predicted molar refractivity (Wildman–Crippen MR) is 134 cm³/mol. The second-order valence-electron chi connectivity index (χ2n) is 9.39. The molecule has 168 valence electrons. The minimum Gasteiger partial charge on any atom is -0.490 e. The van der Waals surface area contributed by atoms with Crippen LogP contribution < -0.4 is 4.74 Å². The van der Waals surface area contributed by atoms with Crippen LogP contribution in [-0.4, -0.2) is 46.8 Å². The highest BCUT2D eigenvalue weighted by molar-refractivity contribution is 7.19. The molecule has 0 unspecified atom stereocenters. The summed E-state index contributed by atoms with van der Waals surface area (Å²) in [6.45, 7) is 8.48. The van der Waals surface area contributed by atoms with E-state index in [1.54, 1.807) is 0 Å². The average Bonchev–Trinajstić information content (AvgIpc) is 3.36. The zero-order chi connectivity index (χ0) is 22.2. The molecule has 4 aromatic rings. The van der Waals surface area contributed by atoms with Gasteiger partial charge in [-0.25, -0.2) is 0 Å². The average molecular weight is 449 g/mol. The number of aliphatic hydroxyl groups is 1. The van der Waals surface area contributed by atoms with E-state index in [-0.39, 0.29) is 0 Å². The van der Waals surface area contributed by atoms with Crippen molar-refractivity contribution in [2.45, 2.75) is 51.7 Å². The van der Waals surface area contributed by atoms with E-state index in [4.69, 9.17) is 4.74 Å². The molecule has 0 radical (unpaired) electrons. The van der Waals surface area contributed by atoms with Gasteiger partial charge in [0.2, 0.25) is 0 Å². The molecule has 0 saturated carbocycles. The van der Waals surface area contributed by atoms with Crippen molar-refractivity contribution in [3.05, 3.63) is 64.7 Å². The van der Waals surface area contributed by atoms with E-state index in [0.29, 0.717) is 25.1 Å². The van der Waals surface area contributed by atoms with E-state index in [9.17, 15) is 5.11 Å². The minimum absolute atomic E-state index is 0.311. The normalized spacial score (nSPS) is 20.8. The van der Waals surface area contributed by atoms with Gasteiger partial charge in [-0.05, 0) is 87.4 Å². The Hall–Kier alpha value is -2.34. The lowest BCUT2D eigenvalue weighted by Gasteiger charge is -2.38. The monoisotopic (exact) mass is 448 g/mol. The molecule has 0 spiro atoms. The SMILES string of the molecule is Cc1ccc2cc([C@@H]3CCN(C[C@H](O)COc4cccc5[nH]c(C)cc45)[C@H](C)C3)sc2c1. The number of piperidine rings is 1. The van der Waals surface area contributed by atoms with E-state index >= 15 is 0 Å². The summed E-state index contributed by atoms with van der Waals surface area (Å²) in [6, 6.07) is 17.7. The van der Waals surface area contributed by atoms with Gasteiger partial charge < -0.3 is 14.8 Å². The number of rotatable bonds is 6. The number of thiophene rings is 1. The topological polar surface area (TPSA) is 48.5 Å². The number of aromatic nitrogens is 1. The summed E-state index contributed by atoms with van der Waals surface area (Å²) < 4.78 is 7.41. The van der Waals surface area contributed by atoms with Gasteiger partial charge in [-0.1, -0.05) is 18.2 Å². The van der Waals surface area contributed by atoms with Gasteiger partial charge >= 0.3 is 0 Å². The lowest BCUT2D eigenvalue weighted by atomic mass is 9.90. The van der Waals surface area contributed by atoms with Crippen LogP contribution in [0.15, 0.2) is 48.5 Å². The minimum atomic E-state index is -0.503. The summed E-state index contributed by atoms with van der Waals surface area (Å²) in [7, 11) is 0. The van der Waals surface area contributed by atoms with Crippen LogP contribution in [-0.2, 0) is 0 Å². The molecule has 0 aliphatic carbocycles. The first kappa shape index (κ1) is 21.5. The zero-order valence-corrected chi connectivity index (χ0v) is 19.9. The molecule has 5 heteroatoms. The number of hydrogen-bond acceptors (Lipinski definition) is 4. The van der Waals surface area contributed by atoms with Gasteiger partial charge in [-0.3, -0.25) is 4.90 Å². The molecule has 1 saturated heterocycles. The molecular formula is C27H32N2O2S. The molecule has 1 aliphatic rings. The number of nitrogens with one attached hydrogen (secondary N) is 1. The molecule has 2 aromatic carbocycles. The largest absolute Gasteiger partial charge is 0.490 e. The van der Waals surface area contributed by atoms with Crippen molar-refractivity contribution in [2.75, 3.05) is 19.7 Å². The number of aliphatic hydroxyl groups excluding tert-OH is 1. The third-order valence-corrected chi connectivity index (χ3v) is 8.01. The number of H-pyrrole nitrogens is 1. The Morgan fingerprint density at radius 2 is 2.06 bits per heavy atom. The van der Waals surface area contributed by atoms with E-state index < -0.39 is 6.10 Å². The number of ether oxygens (including phenoxy) is 1. The lowest BCUT2D eigenvalue weighted by Crippen LogP contribution is -2.45. The number of aryl methyl sites for hydroxylation is 2. The second kappa shape index (κ2) is 8.89. The highest BCUT2D eigenvalue weighted by Crippen LogP contribution is 2.38.